The molecule has 2 rings (SSSR count). The first-order valence-electron chi connectivity index (χ1n) is 5.84. The fourth-order valence-corrected chi connectivity index (χ4v) is 2.06. The molecular weight excluding hydrogens is 297 g/mol. The average Bonchev–Trinajstić information content (AvgIpc) is 2.82. The van der Waals surface area contributed by atoms with Crippen molar-refractivity contribution in [3.05, 3.63) is 46.4 Å². The average molecular weight is 312 g/mol. The lowest BCUT2D eigenvalue weighted by atomic mass is 10.2. The summed E-state index contributed by atoms with van der Waals surface area (Å²) in [7, 11) is 0. The van der Waals surface area contributed by atoms with Crippen molar-refractivity contribution in [2.45, 2.75) is 26.4 Å². The third kappa shape index (κ3) is 2.90. The van der Waals surface area contributed by atoms with Gasteiger partial charge in [-0.15, -0.1) is 0 Å². The van der Waals surface area contributed by atoms with E-state index >= 15 is 0 Å². The lowest BCUT2D eigenvalue weighted by Crippen LogP contribution is -2.06. The molecule has 96 valence electrons. The van der Waals surface area contributed by atoms with Crippen molar-refractivity contribution in [1.82, 2.24) is 9.78 Å². The third-order valence-corrected chi connectivity index (χ3v) is 3.47. The van der Waals surface area contributed by atoms with Crippen LogP contribution >= 0.6 is 15.9 Å². The predicted octanol–water partition coefficient (Wildman–Crippen LogP) is 3.98. The zero-order valence-corrected chi connectivity index (χ0v) is 11.9. The molecule has 1 aromatic heterocycles. The quantitative estimate of drug-likeness (QED) is 0.925. The molecular formula is C13H15BrFN3. The van der Waals surface area contributed by atoms with Gasteiger partial charge in [-0.25, -0.2) is 4.39 Å². The summed E-state index contributed by atoms with van der Waals surface area (Å²) >= 11 is 3.40. The highest BCUT2D eigenvalue weighted by molar-refractivity contribution is 9.10. The van der Waals surface area contributed by atoms with E-state index in [2.05, 4.69) is 26.3 Å². The summed E-state index contributed by atoms with van der Waals surface area (Å²) in [4.78, 5) is 0. The molecule has 0 saturated carbocycles. The molecule has 0 bridgehead atoms. The molecule has 0 aliphatic rings. The van der Waals surface area contributed by atoms with Gasteiger partial charge in [0, 0.05) is 22.8 Å². The lowest BCUT2D eigenvalue weighted by molar-refractivity contribution is 0.627. The number of benzene rings is 1. The van der Waals surface area contributed by atoms with Gasteiger partial charge in [-0.1, -0.05) is 0 Å². The summed E-state index contributed by atoms with van der Waals surface area (Å²) in [5, 5.41) is 7.49. The molecule has 0 aliphatic heterocycles. The van der Waals surface area contributed by atoms with Gasteiger partial charge in [0.15, 0.2) is 0 Å². The van der Waals surface area contributed by atoms with Crippen LogP contribution in [0.25, 0.3) is 0 Å². The second-order valence-electron chi connectivity index (χ2n) is 4.12. The summed E-state index contributed by atoms with van der Waals surface area (Å²) < 4.78 is 15.9. The van der Waals surface area contributed by atoms with Crippen LogP contribution in [0.5, 0.6) is 0 Å². The molecule has 0 aliphatic carbocycles. The molecule has 0 saturated heterocycles. The Morgan fingerprint density at radius 1 is 1.50 bits per heavy atom. The summed E-state index contributed by atoms with van der Waals surface area (Å²) in [6, 6.07) is 4.67. The summed E-state index contributed by atoms with van der Waals surface area (Å²) in [5.41, 5.74) is 1.82. The van der Waals surface area contributed by atoms with E-state index in [1.54, 1.807) is 6.07 Å². The fourth-order valence-electron chi connectivity index (χ4n) is 1.70. The van der Waals surface area contributed by atoms with Crippen LogP contribution in [-0.2, 0) is 6.54 Å². The van der Waals surface area contributed by atoms with Gasteiger partial charge in [-0.05, 0) is 48.0 Å². The third-order valence-electron chi connectivity index (χ3n) is 2.78. The van der Waals surface area contributed by atoms with Gasteiger partial charge < -0.3 is 5.32 Å². The maximum atomic E-state index is 13.2. The zero-order chi connectivity index (χ0) is 13.1. The first kappa shape index (κ1) is 13.1. The minimum atomic E-state index is -0.253. The standard InChI is InChI=1S/C13H15BrFN3/c1-3-18-8-10(7-16-18)9(2)17-13-6-11(15)4-5-12(13)14/h4-9,17H,3H2,1-2H3. The second kappa shape index (κ2) is 5.52. The van der Waals surface area contributed by atoms with Crippen LogP contribution in [0.1, 0.15) is 25.5 Å². The van der Waals surface area contributed by atoms with E-state index in [1.165, 1.54) is 12.1 Å². The minimum absolute atomic E-state index is 0.0726. The number of aryl methyl sites for hydroxylation is 1. The SMILES string of the molecule is CCn1cc(C(C)Nc2cc(F)ccc2Br)cn1. The number of nitrogens with zero attached hydrogens (tertiary/aromatic N) is 2. The maximum absolute atomic E-state index is 13.2. The molecule has 18 heavy (non-hydrogen) atoms. The van der Waals surface area contributed by atoms with Crippen LogP contribution in [0, 0.1) is 5.82 Å². The molecule has 1 aromatic carbocycles. The lowest BCUT2D eigenvalue weighted by Gasteiger charge is -2.15. The van der Waals surface area contributed by atoms with E-state index in [0.717, 1.165) is 22.3 Å². The molecule has 1 atom stereocenters. The molecule has 1 N–H and O–H groups in total. The van der Waals surface area contributed by atoms with Gasteiger partial charge in [0.1, 0.15) is 5.82 Å². The van der Waals surface area contributed by atoms with Crippen LogP contribution in [0.15, 0.2) is 35.1 Å². The number of hydrogen-bond donors (Lipinski definition) is 1. The maximum Gasteiger partial charge on any atom is 0.125 e. The molecule has 0 amide bonds. The number of anilines is 1. The van der Waals surface area contributed by atoms with Crippen molar-refractivity contribution in [2.75, 3.05) is 5.32 Å². The molecule has 0 radical (unpaired) electrons. The first-order valence-corrected chi connectivity index (χ1v) is 6.63. The molecule has 0 fully saturated rings. The van der Waals surface area contributed by atoms with Gasteiger partial charge in [0.25, 0.3) is 0 Å². The Kier molecular flexibility index (Phi) is 4.01. The molecule has 0 spiro atoms. The summed E-state index contributed by atoms with van der Waals surface area (Å²) in [5.74, 6) is -0.253. The van der Waals surface area contributed by atoms with Crippen molar-refractivity contribution in [3.8, 4) is 0 Å². The van der Waals surface area contributed by atoms with E-state index in [1.807, 2.05) is 30.9 Å². The van der Waals surface area contributed by atoms with Gasteiger partial charge in [-0.2, -0.15) is 5.10 Å². The second-order valence-corrected chi connectivity index (χ2v) is 4.97. The Bertz CT molecular complexity index is 539. The number of aromatic nitrogens is 2. The van der Waals surface area contributed by atoms with Gasteiger partial charge in [0.2, 0.25) is 0 Å². The fraction of sp³-hybridized carbons (Fsp3) is 0.308. The molecule has 3 nitrogen and oxygen atoms in total. The molecule has 5 heteroatoms. The van der Waals surface area contributed by atoms with E-state index in [9.17, 15) is 4.39 Å². The Balaban J connectivity index is 2.15. The van der Waals surface area contributed by atoms with Gasteiger partial charge >= 0.3 is 0 Å². The number of rotatable bonds is 4. The Morgan fingerprint density at radius 2 is 2.28 bits per heavy atom. The first-order chi connectivity index (χ1) is 8.60. The number of nitrogens with one attached hydrogen (secondary N) is 1. The largest absolute Gasteiger partial charge is 0.377 e. The van der Waals surface area contributed by atoms with Crippen LogP contribution < -0.4 is 5.32 Å². The van der Waals surface area contributed by atoms with E-state index in [4.69, 9.17) is 0 Å². The summed E-state index contributed by atoms with van der Waals surface area (Å²) in [6.07, 6.45) is 3.82. The highest BCUT2D eigenvalue weighted by atomic mass is 79.9. The monoisotopic (exact) mass is 311 g/mol. The predicted molar refractivity (Wildman–Crippen MR) is 74.0 cm³/mol. The Labute approximate surface area is 114 Å². The van der Waals surface area contributed by atoms with Crippen LogP contribution in [-0.4, -0.2) is 9.78 Å². The van der Waals surface area contributed by atoms with Gasteiger partial charge in [-0.3, -0.25) is 4.68 Å². The topological polar surface area (TPSA) is 29.9 Å². The molecule has 1 heterocycles. The van der Waals surface area contributed by atoms with Crippen molar-refractivity contribution < 1.29 is 4.39 Å². The van der Waals surface area contributed by atoms with Crippen molar-refractivity contribution in [3.63, 3.8) is 0 Å². The Morgan fingerprint density at radius 3 is 2.94 bits per heavy atom. The Hall–Kier alpha value is -1.36. The highest BCUT2D eigenvalue weighted by Crippen LogP contribution is 2.27. The van der Waals surface area contributed by atoms with Crippen molar-refractivity contribution >= 4 is 21.6 Å². The normalized spacial score (nSPS) is 12.4. The number of hydrogen-bond acceptors (Lipinski definition) is 2. The van der Waals surface area contributed by atoms with Gasteiger partial charge in [0.05, 0.1) is 17.9 Å². The minimum Gasteiger partial charge on any atom is -0.377 e. The van der Waals surface area contributed by atoms with Crippen LogP contribution in [0.4, 0.5) is 10.1 Å². The smallest absolute Gasteiger partial charge is 0.125 e. The number of halogens is 2. The molecule has 1 unspecified atom stereocenters. The van der Waals surface area contributed by atoms with Crippen molar-refractivity contribution in [2.24, 2.45) is 0 Å². The highest BCUT2D eigenvalue weighted by Gasteiger charge is 2.10. The zero-order valence-electron chi connectivity index (χ0n) is 10.3. The van der Waals surface area contributed by atoms with Crippen LogP contribution in [0.2, 0.25) is 0 Å². The molecule has 2 aromatic rings. The van der Waals surface area contributed by atoms with Crippen molar-refractivity contribution in [1.29, 1.82) is 0 Å². The van der Waals surface area contributed by atoms with E-state index < -0.39 is 0 Å². The summed E-state index contributed by atoms with van der Waals surface area (Å²) in [6.45, 7) is 4.91. The van der Waals surface area contributed by atoms with Crippen LogP contribution in [0.3, 0.4) is 0 Å². The van der Waals surface area contributed by atoms with E-state index in [-0.39, 0.29) is 11.9 Å². The van der Waals surface area contributed by atoms with E-state index in [0.29, 0.717) is 0 Å².